The van der Waals surface area contributed by atoms with Crippen molar-refractivity contribution in [1.29, 1.82) is 0 Å². The third kappa shape index (κ3) is 6.68. The van der Waals surface area contributed by atoms with Gasteiger partial charge >= 0.3 is 7.69 Å². The summed E-state index contributed by atoms with van der Waals surface area (Å²) in [5.41, 5.74) is 0. The Morgan fingerprint density at radius 3 is 1.29 bits per heavy atom. The largest absolute Gasteiger partial charge is 0.576 e. The Morgan fingerprint density at radius 1 is 0.686 bits per heavy atom. The number of hydrogen-bond donors (Lipinski definition) is 2. The molecule has 4 rings (SSSR count). The van der Waals surface area contributed by atoms with E-state index in [0.29, 0.717) is 75.3 Å². The highest BCUT2D eigenvalue weighted by molar-refractivity contribution is 7.90. The molecule has 2 aliphatic heterocycles. The van der Waals surface area contributed by atoms with Gasteiger partial charge in [-0.05, 0) is 25.7 Å². The van der Waals surface area contributed by atoms with Crippen LogP contribution < -0.4 is 29.4 Å². The summed E-state index contributed by atoms with van der Waals surface area (Å²) in [6.07, 6.45) is 7.80. The first-order valence-corrected chi connectivity index (χ1v) is 14.2. The molecule has 0 amide bonds. The Labute approximate surface area is 204 Å². The van der Waals surface area contributed by atoms with Crippen LogP contribution in [0.3, 0.4) is 0 Å². The molecule has 0 aromatic carbocycles. The third-order valence-corrected chi connectivity index (χ3v) is 8.86. The van der Waals surface area contributed by atoms with Crippen molar-refractivity contribution in [2.24, 2.45) is 10.3 Å². The van der Waals surface area contributed by atoms with Gasteiger partial charge in [-0.15, -0.1) is 0 Å². The topological polar surface area (TPSA) is 197 Å². The number of piperidine rings is 2. The Balaban J connectivity index is 1.21. The summed E-state index contributed by atoms with van der Waals surface area (Å²) < 4.78 is 56.9. The average molecular weight is 526 g/mol. The molecule has 0 aliphatic carbocycles. The number of aromatic nitrogens is 4. The zero-order chi connectivity index (χ0) is 25.1. The highest BCUT2D eigenvalue weighted by Gasteiger charge is 2.29. The second kappa shape index (κ2) is 10.5. The predicted octanol–water partition coefficient (Wildman–Crippen LogP) is -1.49. The van der Waals surface area contributed by atoms with Crippen LogP contribution in [0, 0.1) is 0 Å². The van der Waals surface area contributed by atoms with E-state index >= 15 is 0 Å². The Morgan fingerprint density at radius 2 is 1.00 bits per heavy atom. The normalized spacial score (nSPS) is 18.3. The molecular formula is C18H27BN8O6S2. The van der Waals surface area contributed by atoms with Gasteiger partial charge in [-0.25, -0.2) is 47.0 Å². The molecule has 0 radical (unpaired) electrons. The van der Waals surface area contributed by atoms with Crippen molar-refractivity contribution in [2.45, 2.75) is 36.2 Å². The summed E-state index contributed by atoms with van der Waals surface area (Å²) in [6.45, 7) is 2.02. The Bertz CT molecular complexity index is 1110. The van der Waals surface area contributed by atoms with Gasteiger partial charge in [0.25, 0.3) is 0 Å². The van der Waals surface area contributed by atoms with Crippen LogP contribution in [-0.4, -0.2) is 81.1 Å². The van der Waals surface area contributed by atoms with Gasteiger partial charge in [0, 0.05) is 26.2 Å². The minimum absolute atomic E-state index is 0.106. The molecule has 0 spiro atoms. The lowest BCUT2D eigenvalue weighted by molar-refractivity contribution is 0.453. The van der Waals surface area contributed by atoms with Crippen LogP contribution in [0.15, 0.2) is 24.8 Å². The third-order valence-electron chi connectivity index (χ3n) is 6.06. The SMILES string of the molecule is NS(=O)(=O)C1CCN(c2ncc(OBOc3cnc(N4CCC(S(N)(=O)=O)CC4)nc3)cn2)CC1. The summed E-state index contributed by atoms with van der Waals surface area (Å²) in [5.74, 6) is 1.79. The molecule has 190 valence electrons. The molecule has 0 unspecified atom stereocenters. The number of rotatable bonds is 8. The lowest BCUT2D eigenvalue weighted by Gasteiger charge is -2.30. The summed E-state index contributed by atoms with van der Waals surface area (Å²) in [7, 11) is -7.15. The lowest BCUT2D eigenvalue weighted by atomic mass is 10.1. The highest BCUT2D eigenvalue weighted by atomic mass is 32.2. The van der Waals surface area contributed by atoms with Gasteiger partial charge in [-0.1, -0.05) is 0 Å². The number of sulfonamides is 2. The van der Waals surface area contributed by atoms with E-state index in [1.165, 1.54) is 24.8 Å². The van der Waals surface area contributed by atoms with Crippen molar-refractivity contribution in [1.82, 2.24) is 19.9 Å². The average Bonchev–Trinajstić information content (AvgIpc) is 2.84. The monoisotopic (exact) mass is 526 g/mol. The second-order valence-corrected chi connectivity index (χ2v) is 12.1. The molecule has 2 aromatic heterocycles. The summed E-state index contributed by atoms with van der Waals surface area (Å²) in [6, 6.07) is 0. The Hall–Kier alpha value is -2.76. The molecule has 0 atom stereocenters. The van der Waals surface area contributed by atoms with E-state index in [1.807, 2.05) is 9.80 Å². The molecule has 2 aromatic rings. The number of nitrogens with two attached hydrogens (primary N) is 2. The Kier molecular flexibility index (Phi) is 7.58. The van der Waals surface area contributed by atoms with E-state index in [-0.39, 0.29) is 7.69 Å². The fraction of sp³-hybridized carbons (Fsp3) is 0.556. The number of nitrogens with zero attached hydrogens (tertiary/aromatic N) is 6. The fourth-order valence-corrected chi connectivity index (χ4v) is 5.76. The minimum Gasteiger partial charge on any atom is -0.526 e. The van der Waals surface area contributed by atoms with E-state index in [0.717, 1.165) is 0 Å². The molecule has 17 heteroatoms. The number of anilines is 2. The first-order valence-electron chi connectivity index (χ1n) is 11.0. The molecule has 35 heavy (non-hydrogen) atoms. The molecule has 14 nitrogen and oxygen atoms in total. The maximum absolute atomic E-state index is 11.5. The molecule has 0 bridgehead atoms. The maximum atomic E-state index is 11.5. The van der Waals surface area contributed by atoms with Crippen molar-refractivity contribution >= 4 is 39.6 Å². The predicted molar refractivity (Wildman–Crippen MR) is 129 cm³/mol. The van der Waals surface area contributed by atoms with E-state index in [9.17, 15) is 16.8 Å². The van der Waals surface area contributed by atoms with E-state index in [1.54, 1.807) is 0 Å². The molecule has 2 aliphatic rings. The van der Waals surface area contributed by atoms with Crippen LogP contribution in [0.25, 0.3) is 0 Å². The van der Waals surface area contributed by atoms with Gasteiger partial charge < -0.3 is 19.1 Å². The van der Waals surface area contributed by atoms with Gasteiger partial charge in [0.2, 0.25) is 31.9 Å². The van der Waals surface area contributed by atoms with Crippen LogP contribution in [0.1, 0.15) is 25.7 Å². The van der Waals surface area contributed by atoms with Gasteiger partial charge in [0.1, 0.15) is 11.5 Å². The van der Waals surface area contributed by atoms with Gasteiger partial charge in [-0.2, -0.15) is 0 Å². The second-order valence-electron chi connectivity index (χ2n) is 8.39. The lowest BCUT2D eigenvalue weighted by Crippen LogP contribution is -2.42. The number of primary sulfonamides is 2. The number of hydrogen-bond acceptors (Lipinski definition) is 12. The van der Waals surface area contributed by atoms with E-state index in [4.69, 9.17) is 19.6 Å². The van der Waals surface area contributed by atoms with Crippen molar-refractivity contribution in [3.8, 4) is 11.5 Å². The van der Waals surface area contributed by atoms with Crippen LogP contribution in [0.2, 0.25) is 0 Å². The molecule has 2 fully saturated rings. The maximum Gasteiger partial charge on any atom is 0.576 e. The minimum atomic E-state index is -3.52. The molecule has 2 saturated heterocycles. The van der Waals surface area contributed by atoms with Crippen LogP contribution in [-0.2, 0) is 20.0 Å². The summed E-state index contributed by atoms with van der Waals surface area (Å²) >= 11 is 0. The first kappa shape index (κ1) is 25.3. The van der Waals surface area contributed by atoms with Crippen molar-refractivity contribution in [3.63, 3.8) is 0 Å². The van der Waals surface area contributed by atoms with Crippen molar-refractivity contribution in [3.05, 3.63) is 24.8 Å². The van der Waals surface area contributed by atoms with Gasteiger partial charge in [0.15, 0.2) is 0 Å². The summed E-state index contributed by atoms with van der Waals surface area (Å²) in [5, 5.41) is 9.39. The van der Waals surface area contributed by atoms with Crippen molar-refractivity contribution < 1.29 is 26.1 Å². The van der Waals surface area contributed by atoms with Crippen molar-refractivity contribution in [2.75, 3.05) is 36.0 Å². The quantitative estimate of drug-likeness (QED) is 0.378. The molecule has 4 N–H and O–H groups in total. The fourth-order valence-electron chi connectivity index (χ4n) is 4.03. The van der Waals surface area contributed by atoms with Crippen LogP contribution in [0.5, 0.6) is 11.5 Å². The summed E-state index contributed by atoms with van der Waals surface area (Å²) in [4.78, 5) is 20.9. The van der Waals surface area contributed by atoms with Crippen LogP contribution in [0.4, 0.5) is 11.9 Å². The van der Waals surface area contributed by atoms with Gasteiger partial charge in [-0.3, -0.25) is 0 Å². The molecule has 4 heterocycles. The van der Waals surface area contributed by atoms with Gasteiger partial charge in [0.05, 0.1) is 35.3 Å². The van der Waals surface area contributed by atoms with E-state index in [2.05, 4.69) is 19.9 Å². The smallest absolute Gasteiger partial charge is 0.526 e. The zero-order valence-corrected chi connectivity index (χ0v) is 20.6. The zero-order valence-electron chi connectivity index (χ0n) is 18.9. The molecule has 0 saturated carbocycles. The highest BCUT2D eigenvalue weighted by Crippen LogP contribution is 2.22. The standard InChI is InChI=1S/C18H27BN8O6S2/c20-34(28,29)15-1-5-26(6-2-15)17-22-9-13(10-23-17)32-19-33-14-11-24-18(25-12-14)27-7-3-16(4-8-27)35(21,30)31/h9-12,15-16,19H,1-8H2,(H2,20,28,29)(H2,21,30,31). The van der Waals surface area contributed by atoms with Crippen LogP contribution >= 0.6 is 0 Å². The van der Waals surface area contributed by atoms with E-state index < -0.39 is 30.5 Å². The first-order chi connectivity index (χ1) is 16.6. The molecular weight excluding hydrogens is 499 g/mol.